The minimum Gasteiger partial charge on any atom is -0.481 e. The number of aryl methyl sites for hydroxylation is 1. The predicted molar refractivity (Wildman–Crippen MR) is 142 cm³/mol. The lowest BCUT2D eigenvalue weighted by molar-refractivity contribution is -0.163. The Kier molecular flexibility index (Phi) is 10.7. The van der Waals surface area contributed by atoms with Crippen molar-refractivity contribution >= 4 is 52.5 Å². The molecule has 0 aliphatic heterocycles. The Morgan fingerprint density at radius 2 is 1.51 bits per heavy atom. The summed E-state index contributed by atoms with van der Waals surface area (Å²) in [5.41, 5.74) is -1.35. The Morgan fingerprint density at radius 3 is 1.89 bits per heavy atom. The summed E-state index contributed by atoms with van der Waals surface area (Å²) in [4.78, 5) is 41.2. The van der Waals surface area contributed by atoms with Gasteiger partial charge in [0, 0.05) is 48.2 Å². The molecule has 198 valence electrons. The largest absolute Gasteiger partial charge is 0.481 e. The number of urea groups is 1. The van der Waals surface area contributed by atoms with Gasteiger partial charge in [-0.2, -0.15) is 0 Å². The topological polar surface area (TPSA) is 110 Å². The predicted octanol–water partition coefficient (Wildman–Crippen LogP) is 5.65. The number of carboxylic acids is 2. The Labute approximate surface area is 218 Å². The molecule has 10 heteroatoms. The number of carbonyl (C=O) groups is 3. The molecule has 1 atom stereocenters. The van der Waals surface area contributed by atoms with Crippen LogP contribution in [0.4, 0.5) is 16.2 Å². The summed E-state index contributed by atoms with van der Waals surface area (Å²) in [6.45, 7) is 13.5. The van der Waals surface area contributed by atoms with Gasteiger partial charge in [0.25, 0.3) is 0 Å². The van der Waals surface area contributed by atoms with Gasteiger partial charge in [-0.15, -0.1) is 23.2 Å². The Morgan fingerprint density at radius 1 is 0.971 bits per heavy atom. The van der Waals surface area contributed by atoms with Crippen molar-refractivity contribution in [3.8, 4) is 0 Å². The highest BCUT2D eigenvalue weighted by atomic mass is 35.5. The monoisotopic (exact) mass is 531 g/mol. The van der Waals surface area contributed by atoms with Gasteiger partial charge in [0.1, 0.15) is 5.54 Å². The van der Waals surface area contributed by atoms with E-state index in [4.69, 9.17) is 23.2 Å². The molecule has 2 amide bonds. The van der Waals surface area contributed by atoms with Crippen LogP contribution in [0.5, 0.6) is 0 Å². The number of carboxylic acid groups (broad SMARTS) is 2. The average molecular weight is 533 g/mol. The minimum atomic E-state index is -1.78. The number of hydrogen-bond donors (Lipinski definition) is 3. The first-order chi connectivity index (χ1) is 16.0. The number of rotatable bonds is 11. The fourth-order valence-electron chi connectivity index (χ4n) is 4.51. The normalized spacial score (nSPS) is 13.6. The second-order valence-corrected chi connectivity index (χ2v) is 11.4. The van der Waals surface area contributed by atoms with Crippen molar-refractivity contribution in [2.75, 3.05) is 35.1 Å². The summed E-state index contributed by atoms with van der Waals surface area (Å²) < 4.78 is 0. The van der Waals surface area contributed by atoms with Crippen molar-refractivity contribution < 1.29 is 24.6 Å². The zero-order chi connectivity index (χ0) is 27.2. The van der Waals surface area contributed by atoms with Crippen LogP contribution >= 0.6 is 23.2 Å². The fourth-order valence-corrected chi connectivity index (χ4v) is 4.92. The number of nitrogens with one attached hydrogen (secondary N) is 1. The summed E-state index contributed by atoms with van der Waals surface area (Å²) in [5.74, 6) is -1.50. The molecule has 8 nitrogen and oxygen atoms in total. The molecule has 1 rings (SSSR count). The van der Waals surface area contributed by atoms with Gasteiger partial charge in [-0.1, -0.05) is 20.8 Å². The molecule has 0 saturated heterocycles. The highest BCUT2D eigenvalue weighted by molar-refractivity contribution is 6.18. The number of hydrogen-bond acceptors (Lipinski definition) is 4. The molecule has 3 N–H and O–H groups in total. The Hall–Kier alpha value is -2.19. The van der Waals surface area contributed by atoms with Crippen molar-refractivity contribution in [2.24, 2.45) is 5.41 Å². The van der Waals surface area contributed by atoms with E-state index in [1.807, 2.05) is 13.0 Å². The van der Waals surface area contributed by atoms with E-state index >= 15 is 0 Å². The van der Waals surface area contributed by atoms with Crippen LogP contribution in [0.2, 0.25) is 0 Å². The molecule has 1 aromatic rings. The molecule has 0 bridgehead atoms. The van der Waals surface area contributed by atoms with Gasteiger partial charge in [-0.25, -0.2) is 9.59 Å². The summed E-state index contributed by atoms with van der Waals surface area (Å²) >= 11 is 11.9. The van der Waals surface area contributed by atoms with Crippen LogP contribution in [0.15, 0.2) is 18.2 Å². The molecule has 0 unspecified atom stereocenters. The standard InChI is InChI=1S/C25H39Cl2N3O5/c1-17-16-18(8-9-19(17)29(14-12-26)15-13-27)28-22(35)30(24(5,6)7)25(21(33)34,23(2,3)4)11-10-20(31)32/h8-9,16H,10-15H2,1-7H3,(H,28,35)(H,31,32)(H,33,34)/t25-/m0/s1. The molecule has 0 aliphatic rings. The maximum Gasteiger partial charge on any atom is 0.330 e. The summed E-state index contributed by atoms with van der Waals surface area (Å²) in [7, 11) is 0. The quantitative estimate of drug-likeness (QED) is 0.318. The summed E-state index contributed by atoms with van der Waals surface area (Å²) in [5, 5.41) is 22.6. The van der Waals surface area contributed by atoms with E-state index in [0.29, 0.717) is 30.5 Å². The zero-order valence-electron chi connectivity index (χ0n) is 21.7. The Balaban J connectivity index is 3.50. The molecule has 0 saturated carbocycles. The van der Waals surface area contributed by atoms with Crippen molar-refractivity contribution in [3.05, 3.63) is 23.8 Å². The second-order valence-electron chi connectivity index (χ2n) is 10.6. The maximum absolute atomic E-state index is 13.7. The van der Waals surface area contributed by atoms with E-state index in [1.165, 1.54) is 4.90 Å². The SMILES string of the molecule is Cc1cc(NC(=O)N(C(C)(C)C)[C@@](CCC(=O)O)(C(=O)O)C(C)(C)C)ccc1N(CCCl)CCCl. The van der Waals surface area contributed by atoms with E-state index < -0.39 is 40.9 Å². The number of amides is 2. The lowest BCUT2D eigenvalue weighted by Gasteiger charge is -2.54. The van der Waals surface area contributed by atoms with Crippen molar-refractivity contribution in [1.29, 1.82) is 0 Å². The first kappa shape index (κ1) is 30.8. The third kappa shape index (κ3) is 7.40. The molecule has 0 fully saturated rings. The molecule has 0 aromatic heterocycles. The van der Waals surface area contributed by atoms with E-state index in [2.05, 4.69) is 10.2 Å². The lowest BCUT2D eigenvalue weighted by atomic mass is 9.68. The molecule has 0 radical (unpaired) electrons. The van der Waals surface area contributed by atoms with Crippen molar-refractivity contribution in [2.45, 2.75) is 72.4 Å². The molecule has 0 spiro atoms. The number of anilines is 2. The maximum atomic E-state index is 13.7. The van der Waals surface area contributed by atoms with Crippen LogP contribution in [0, 0.1) is 12.3 Å². The van der Waals surface area contributed by atoms with Crippen LogP contribution in [0.25, 0.3) is 0 Å². The molecular weight excluding hydrogens is 493 g/mol. The molecule has 1 aromatic carbocycles. The highest BCUT2D eigenvalue weighted by Crippen LogP contribution is 2.44. The number of alkyl halides is 2. The summed E-state index contributed by atoms with van der Waals surface area (Å²) in [6, 6.07) is 4.79. The van der Waals surface area contributed by atoms with Crippen LogP contribution in [0.3, 0.4) is 0 Å². The van der Waals surface area contributed by atoms with Gasteiger partial charge in [-0.05, 0) is 63.3 Å². The van der Waals surface area contributed by atoms with Gasteiger partial charge >= 0.3 is 18.0 Å². The van der Waals surface area contributed by atoms with Gasteiger partial charge < -0.3 is 25.3 Å². The molecule has 35 heavy (non-hydrogen) atoms. The number of benzene rings is 1. The molecule has 0 heterocycles. The van der Waals surface area contributed by atoms with Gasteiger partial charge in [0.15, 0.2) is 0 Å². The summed E-state index contributed by atoms with van der Waals surface area (Å²) in [6.07, 6.45) is -0.635. The molecular formula is C25H39Cl2N3O5. The van der Waals surface area contributed by atoms with Gasteiger partial charge in [0.05, 0.1) is 0 Å². The number of carbonyl (C=O) groups excluding carboxylic acids is 1. The fraction of sp³-hybridized carbons (Fsp3) is 0.640. The first-order valence-corrected chi connectivity index (χ1v) is 12.6. The Bertz CT molecular complexity index is 905. The lowest BCUT2D eigenvalue weighted by Crippen LogP contribution is -2.70. The first-order valence-electron chi connectivity index (χ1n) is 11.6. The number of halogens is 2. The minimum absolute atomic E-state index is 0.240. The van der Waals surface area contributed by atoms with Crippen LogP contribution < -0.4 is 10.2 Å². The van der Waals surface area contributed by atoms with Crippen LogP contribution in [0.1, 0.15) is 59.9 Å². The van der Waals surface area contributed by atoms with E-state index in [-0.39, 0.29) is 6.42 Å². The third-order valence-corrected chi connectivity index (χ3v) is 6.39. The third-order valence-electron chi connectivity index (χ3n) is 6.05. The number of aliphatic carboxylic acids is 2. The van der Waals surface area contributed by atoms with Crippen molar-refractivity contribution in [3.63, 3.8) is 0 Å². The van der Waals surface area contributed by atoms with Crippen molar-refractivity contribution in [1.82, 2.24) is 4.90 Å². The van der Waals surface area contributed by atoms with E-state index in [1.54, 1.807) is 53.7 Å². The zero-order valence-corrected chi connectivity index (χ0v) is 23.3. The van der Waals surface area contributed by atoms with E-state index in [0.717, 1.165) is 11.3 Å². The van der Waals surface area contributed by atoms with Crippen LogP contribution in [-0.2, 0) is 9.59 Å². The molecule has 0 aliphatic carbocycles. The van der Waals surface area contributed by atoms with Crippen LogP contribution in [-0.4, -0.2) is 69.0 Å². The van der Waals surface area contributed by atoms with Gasteiger partial charge in [0.2, 0.25) is 0 Å². The average Bonchev–Trinajstić information content (AvgIpc) is 2.68. The second kappa shape index (κ2) is 12.2. The smallest absolute Gasteiger partial charge is 0.330 e. The van der Waals surface area contributed by atoms with E-state index in [9.17, 15) is 24.6 Å². The number of nitrogens with zero attached hydrogens (tertiary/aromatic N) is 2. The van der Waals surface area contributed by atoms with Gasteiger partial charge in [-0.3, -0.25) is 4.79 Å². The highest BCUT2D eigenvalue weighted by Gasteiger charge is 2.58.